The number of hydrogen-bond donors (Lipinski definition) is 1. The number of benzene rings is 1. The van der Waals surface area contributed by atoms with Gasteiger partial charge in [0.25, 0.3) is 0 Å². The predicted molar refractivity (Wildman–Crippen MR) is 103 cm³/mol. The molecular weight excluding hydrogens is 366 g/mol. The molecule has 0 bridgehead atoms. The maximum absolute atomic E-state index is 12.5. The summed E-state index contributed by atoms with van der Waals surface area (Å²) in [6.45, 7) is 6.67. The monoisotopic (exact) mass is 389 g/mol. The summed E-state index contributed by atoms with van der Waals surface area (Å²) in [5, 5.41) is -0.441. The summed E-state index contributed by atoms with van der Waals surface area (Å²) in [7, 11) is 0. The molecule has 1 atom stereocenters. The van der Waals surface area contributed by atoms with Crippen molar-refractivity contribution in [2.24, 2.45) is 0 Å². The van der Waals surface area contributed by atoms with Gasteiger partial charge in [-0.25, -0.2) is 4.79 Å². The van der Waals surface area contributed by atoms with E-state index >= 15 is 0 Å². The minimum absolute atomic E-state index is 0.244. The Labute approximate surface area is 162 Å². The minimum atomic E-state index is -0.512. The van der Waals surface area contributed by atoms with Crippen molar-refractivity contribution >= 4 is 29.5 Å². The Kier molecular flexibility index (Phi) is 7.24. The highest BCUT2D eigenvalue weighted by atomic mass is 32.2. The van der Waals surface area contributed by atoms with E-state index in [0.29, 0.717) is 16.8 Å². The normalized spacial score (nSPS) is 11.7. The van der Waals surface area contributed by atoms with Crippen LogP contribution in [-0.4, -0.2) is 41.2 Å². The highest BCUT2D eigenvalue weighted by Crippen LogP contribution is 2.24. The first-order valence-electron chi connectivity index (χ1n) is 8.63. The molecular formula is C20H23NO5S. The van der Waals surface area contributed by atoms with Crippen LogP contribution in [0.25, 0.3) is 0 Å². The molecule has 0 saturated heterocycles. The number of carbonyl (C=O) groups is 3. The number of carbonyl (C=O) groups excluding carboxylic acids is 3. The SMILES string of the molecule is CCOC(=O)c1[nH]c(C)c(C(=O)COC(=O)[C@@H](C)Sc2ccccc2)c1C. The van der Waals surface area contributed by atoms with Crippen LogP contribution in [0.4, 0.5) is 0 Å². The van der Waals surface area contributed by atoms with Crippen molar-refractivity contribution in [3.63, 3.8) is 0 Å². The van der Waals surface area contributed by atoms with Gasteiger partial charge in [-0.2, -0.15) is 0 Å². The number of rotatable bonds is 8. The zero-order valence-electron chi connectivity index (χ0n) is 15.8. The quantitative estimate of drug-likeness (QED) is 0.421. The Hall–Kier alpha value is -2.54. The number of ketones is 1. The molecule has 0 aliphatic heterocycles. The van der Waals surface area contributed by atoms with E-state index < -0.39 is 17.2 Å². The first kappa shape index (κ1) is 20.8. The second kappa shape index (κ2) is 9.41. The van der Waals surface area contributed by atoms with Crippen molar-refractivity contribution < 1.29 is 23.9 Å². The van der Waals surface area contributed by atoms with E-state index in [0.717, 1.165) is 4.90 Å². The number of aryl methyl sites for hydroxylation is 1. The lowest BCUT2D eigenvalue weighted by atomic mass is 10.1. The highest BCUT2D eigenvalue weighted by molar-refractivity contribution is 8.00. The number of hydrogen-bond acceptors (Lipinski definition) is 6. The summed E-state index contributed by atoms with van der Waals surface area (Å²) in [5.74, 6) is -1.34. The molecule has 144 valence electrons. The molecule has 0 fully saturated rings. The van der Waals surface area contributed by atoms with Crippen molar-refractivity contribution in [1.29, 1.82) is 0 Å². The average molecular weight is 389 g/mol. The summed E-state index contributed by atoms with van der Waals surface area (Å²) < 4.78 is 10.2. The summed E-state index contributed by atoms with van der Waals surface area (Å²) in [6, 6.07) is 9.49. The molecule has 6 nitrogen and oxygen atoms in total. The van der Waals surface area contributed by atoms with E-state index in [2.05, 4.69) is 4.98 Å². The zero-order chi connectivity index (χ0) is 20.0. The van der Waals surface area contributed by atoms with Crippen molar-refractivity contribution in [3.05, 3.63) is 52.8 Å². The van der Waals surface area contributed by atoms with Crippen LogP contribution in [0.5, 0.6) is 0 Å². The molecule has 2 aromatic rings. The van der Waals surface area contributed by atoms with E-state index in [-0.39, 0.29) is 24.7 Å². The fourth-order valence-corrected chi connectivity index (χ4v) is 3.54. The van der Waals surface area contributed by atoms with E-state index in [1.165, 1.54) is 11.8 Å². The van der Waals surface area contributed by atoms with Crippen LogP contribution in [0, 0.1) is 13.8 Å². The van der Waals surface area contributed by atoms with Gasteiger partial charge in [0.15, 0.2) is 6.61 Å². The topological polar surface area (TPSA) is 85.5 Å². The molecule has 2 rings (SSSR count). The summed E-state index contributed by atoms with van der Waals surface area (Å²) in [6.07, 6.45) is 0. The molecule has 0 radical (unpaired) electrons. The van der Waals surface area contributed by atoms with Crippen molar-refractivity contribution in [1.82, 2.24) is 4.98 Å². The number of esters is 2. The van der Waals surface area contributed by atoms with Gasteiger partial charge >= 0.3 is 11.9 Å². The summed E-state index contributed by atoms with van der Waals surface area (Å²) in [5.41, 5.74) is 1.65. The second-order valence-corrected chi connectivity index (χ2v) is 7.36. The van der Waals surface area contributed by atoms with Gasteiger partial charge in [0, 0.05) is 16.2 Å². The lowest BCUT2D eigenvalue weighted by molar-refractivity contribution is -0.141. The number of H-pyrrole nitrogens is 1. The van der Waals surface area contributed by atoms with Crippen LogP contribution in [0.1, 0.15) is 46.0 Å². The lowest BCUT2D eigenvalue weighted by Gasteiger charge is -2.11. The number of thioether (sulfide) groups is 1. The molecule has 0 amide bonds. The third kappa shape index (κ3) is 5.23. The standard InChI is InChI=1S/C20H23NO5S/c1-5-25-20(24)18-12(2)17(13(3)21-18)16(22)11-26-19(23)14(4)27-15-9-7-6-8-10-15/h6-10,14,21H,5,11H2,1-4H3/t14-/m1/s1. The predicted octanol–water partition coefficient (Wildman–Crippen LogP) is 3.71. The third-order valence-corrected chi connectivity index (χ3v) is 5.02. The third-order valence-electron chi connectivity index (χ3n) is 3.93. The van der Waals surface area contributed by atoms with E-state index in [4.69, 9.17) is 9.47 Å². The molecule has 1 N–H and O–H groups in total. The largest absolute Gasteiger partial charge is 0.461 e. The Morgan fingerprint density at radius 3 is 2.41 bits per heavy atom. The van der Waals surface area contributed by atoms with E-state index in [9.17, 15) is 14.4 Å². The van der Waals surface area contributed by atoms with Crippen molar-refractivity contribution in [3.8, 4) is 0 Å². The molecule has 1 heterocycles. The van der Waals surface area contributed by atoms with Crippen molar-refractivity contribution in [2.45, 2.75) is 37.8 Å². The van der Waals surface area contributed by atoms with Crippen LogP contribution in [0.3, 0.4) is 0 Å². The molecule has 0 spiro atoms. The highest BCUT2D eigenvalue weighted by Gasteiger charge is 2.24. The van der Waals surface area contributed by atoms with Gasteiger partial charge in [-0.3, -0.25) is 9.59 Å². The van der Waals surface area contributed by atoms with Crippen LogP contribution in [-0.2, 0) is 14.3 Å². The Morgan fingerprint density at radius 2 is 1.78 bits per heavy atom. The van der Waals surface area contributed by atoms with Gasteiger partial charge < -0.3 is 14.5 Å². The van der Waals surface area contributed by atoms with Gasteiger partial charge in [-0.05, 0) is 45.4 Å². The average Bonchev–Trinajstić information content (AvgIpc) is 2.95. The lowest BCUT2D eigenvalue weighted by Crippen LogP contribution is -2.21. The van der Waals surface area contributed by atoms with Crippen LogP contribution < -0.4 is 0 Å². The first-order chi connectivity index (χ1) is 12.8. The molecule has 1 aromatic carbocycles. The van der Waals surface area contributed by atoms with Gasteiger partial charge in [-0.15, -0.1) is 11.8 Å². The van der Waals surface area contributed by atoms with Gasteiger partial charge in [-0.1, -0.05) is 18.2 Å². The van der Waals surface area contributed by atoms with Gasteiger partial charge in [0.1, 0.15) is 10.9 Å². The number of aromatic amines is 1. The van der Waals surface area contributed by atoms with Crippen molar-refractivity contribution in [2.75, 3.05) is 13.2 Å². The van der Waals surface area contributed by atoms with Crippen LogP contribution in [0.15, 0.2) is 35.2 Å². The fourth-order valence-electron chi connectivity index (χ4n) is 2.65. The molecule has 1 aromatic heterocycles. The van der Waals surface area contributed by atoms with Gasteiger partial charge in [0.05, 0.1) is 6.61 Å². The smallest absolute Gasteiger partial charge is 0.355 e. The second-order valence-electron chi connectivity index (χ2n) is 5.95. The molecule has 7 heteroatoms. The minimum Gasteiger partial charge on any atom is -0.461 e. The maximum atomic E-state index is 12.5. The molecule has 0 aliphatic carbocycles. The Bertz CT molecular complexity index is 828. The van der Waals surface area contributed by atoms with Gasteiger partial charge in [0.2, 0.25) is 5.78 Å². The fraction of sp³-hybridized carbons (Fsp3) is 0.350. The molecule has 0 aliphatic rings. The van der Waals surface area contributed by atoms with E-state index in [1.54, 1.807) is 27.7 Å². The zero-order valence-corrected chi connectivity index (χ0v) is 16.6. The number of nitrogens with one attached hydrogen (secondary N) is 1. The number of Topliss-reactive ketones (excluding diaryl/α,β-unsaturated/α-hetero) is 1. The van der Waals surface area contributed by atoms with E-state index in [1.807, 2.05) is 30.3 Å². The summed E-state index contributed by atoms with van der Waals surface area (Å²) >= 11 is 1.37. The van der Waals surface area contributed by atoms with Crippen LogP contribution >= 0.6 is 11.8 Å². The molecule has 0 unspecified atom stereocenters. The number of ether oxygens (including phenoxy) is 2. The summed E-state index contributed by atoms with van der Waals surface area (Å²) in [4.78, 5) is 40.4. The Balaban J connectivity index is 1.99. The Morgan fingerprint density at radius 1 is 1.11 bits per heavy atom. The molecule has 0 saturated carbocycles. The van der Waals surface area contributed by atoms with Crippen LogP contribution in [0.2, 0.25) is 0 Å². The maximum Gasteiger partial charge on any atom is 0.355 e. The first-order valence-corrected chi connectivity index (χ1v) is 9.50. The number of aromatic nitrogens is 1. The molecule has 27 heavy (non-hydrogen) atoms.